The van der Waals surface area contributed by atoms with Gasteiger partial charge in [0.25, 0.3) is 10.2 Å². The predicted molar refractivity (Wildman–Crippen MR) is 95.4 cm³/mol. The number of aromatic nitrogens is 1. The van der Waals surface area contributed by atoms with Crippen LogP contribution in [0.1, 0.15) is 18.4 Å². The van der Waals surface area contributed by atoms with Gasteiger partial charge in [0, 0.05) is 64.3 Å². The maximum Gasteiger partial charge on any atom is 0.281 e. The van der Waals surface area contributed by atoms with Crippen LogP contribution in [0.15, 0.2) is 12.4 Å². The third-order valence-electron chi connectivity index (χ3n) is 4.89. The molecule has 0 aliphatic carbocycles. The Balaban J connectivity index is 1.82. The molecule has 3 saturated heterocycles. The molecule has 0 amide bonds. The Morgan fingerprint density at radius 3 is 2.46 bits per heavy atom. The van der Waals surface area contributed by atoms with E-state index in [9.17, 15) is 8.42 Å². The Bertz CT molecular complexity index is 693. The first kappa shape index (κ1) is 18.4. The maximum absolute atomic E-state index is 12.5. The highest BCUT2D eigenvalue weighted by atomic mass is 35.5. The molecule has 3 aliphatic rings. The highest BCUT2D eigenvalue weighted by molar-refractivity contribution is 7.86. The second-order valence-corrected chi connectivity index (χ2v) is 9.67. The van der Waals surface area contributed by atoms with E-state index >= 15 is 0 Å². The topological polar surface area (TPSA) is 56.8 Å². The lowest BCUT2D eigenvalue weighted by molar-refractivity contribution is 0.125. The minimum absolute atomic E-state index is 0.179. The van der Waals surface area contributed by atoms with Crippen LogP contribution in [0.4, 0.5) is 0 Å². The summed E-state index contributed by atoms with van der Waals surface area (Å²) in [7, 11) is -0.224. The minimum atomic E-state index is -3.38. The van der Waals surface area contributed by atoms with Gasteiger partial charge < -0.3 is 0 Å². The lowest BCUT2D eigenvalue weighted by atomic mass is 9.94. The Hall–Kier alpha value is -0.440. The van der Waals surface area contributed by atoms with Crippen molar-refractivity contribution in [2.24, 2.45) is 5.92 Å². The smallest absolute Gasteiger partial charge is 0.281 e. The molecule has 1 aromatic rings. The Labute approximate surface area is 153 Å². The predicted octanol–water partition coefficient (Wildman–Crippen LogP) is 2.09. The lowest BCUT2D eigenvalue weighted by Crippen LogP contribution is -2.45. The van der Waals surface area contributed by atoms with Gasteiger partial charge in [0.15, 0.2) is 0 Å². The van der Waals surface area contributed by atoms with Gasteiger partial charge in [0.2, 0.25) is 0 Å². The van der Waals surface area contributed by atoms with Gasteiger partial charge in [-0.25, -0.2) is 0 Å². The second-order valence-electron chi connectivity index (χ2n) is 6.72. The van der Waals surface area contributed by atoms with Crippen molar-refractivity contribution in [3.05, 3.63) is 28.0 Å². The summed E-state index contributed by atoms with van der Waals surface area (Å²) in [5.41, 5.74) is 0.864. The van der Waals surface area contributed by atoms with Gasteiger partial charge in [-0.3, -0.25) is 9.88 Å². The molecule has 4 rings (SSSR count). The quantitative estimate of drug-likeness (QED) is 0.786. The average Bonchev–Trinajstić information content (AvgIpc) is 2.83. The molecule has 0 spiro atoms. The molecular weight excluding hydrogens is 371 g/mol. The van der Waals surface area contributed by atoms with Crippen molar-refractivity contribution in [1.29, 1.82) is 0 Å². The number of hydrogen-bond donors (Lipinski definition) is 0. The molecule has 24 heavy (non-hydrogen) atoms. The average molecular weight is 393 g/mol. The molecule has 134 valence electrons. The molecule has 0 radical (unpaired) electrons. The van der Waals surface area contributed by atoms with Gasteiger partial charge in [0.05, 0.1) is 10.0 Å². The number of nitrogens with zero attached hydrogens (tertiary/aromatic N) is 4. The number of pyridine rings is 1. The van der Waals surface area contributed by atoms with Crippen LogP contribution < -0.4 is 0 Å². The van der Waals surface area contributed by atoms with Gasteiger partial charge in [-0.1, -0.05) is 23.2 Å². The van der Waals surface area contributed by atoms with E-state index in [-0.39, 0.29) is 6.04 Å². The maximum atomic E-state index is 12.5. The van der Waals surface area contributed by atoms with Gasteiger partial charge in [-0.05, 0) is 18.8 Å². The zero-order chi connectivity index (χ0) is 17.5. The number of rotatable bonds is 4. The van der Waals surface area contributed by atoms with E-state index < -0.39 is 10.2 Å². The van der Waals surface area contributed by atoms with Gasteiger partial charge in [0.1, 0.15) is 0 Å². The molecule has 4 heterocycles. The first-order chi connectivity index (χ1) is 11.3. The summed E-state index contributed by atoms with van der Waals surface area (Å²) in [6.07, 6.45) is 5.24. The number of piperidine rings is 1. The van der Waals surface area contributed by atoms with E-state index in [4.69, 9.17) is 23.2 Å². The zero-order valence-electron chi connectivity index (χ0n) is 13.8. The normalized spacial score (nSPS) is 26.0. The van der Waals surface area contributed by atoms with E-state index in [1.807, 2.05) is 0 Å². The summed E-state index contributed by atoms with van der Waals surface area (Å²) >= 11 is 12.5. The Morgan fingerprint density at radius 1 is 1.17 bits per heavy atom. The fraction of sp³-hybridized carbons (Fsp3) is 0.667. The van der Waals surface area contributed by atoms with Crippen LogP contribution >= 0.6 is 23.2 Å². The van der Waals surface area contributed by atoms with E-state index in [1.54, 1.807) is 30.8 Å². The number of fused-ring (bicyclic) bond motifs is 4. The standard InChI is InChI=1S/C15H22Cl2N4O2S/c1-19(2)24(22,23)21-8-11-3-4-12(9-21)20(7-11)10-13-14(16)5-18-6-15(13)17/h5-6,11-12H,3-4,7-10H2,1-2H3/t11-,12-/m1/s1. The van der Waals surface area contributed by atoms with E-state index in [2.05, 4.69) is 9.88 Å². The Kier molecular flexibility index (Phi) is 5.39. The first-order valence-corrected chi connectivity index (χ1v) is 10.1. The number of hydrogen-bond acceptors (Lipinski definition) is 4. The van der Waals surface area contributed by atoms with Crippen LogP contribution in [-0.4, -0.2) is 66.7 Å². The van der Waals surface area contributed by atoms with Crippen molar-refractivity contribution < 1.29 is 8.42 Å². The third-order valence-corrected chi connectivity index (χ3v) is 7.42. The van der Waals surface area contributed by atoms with Crippen molar-refractivity contribution in [2.75, 3.05) is 33.7 Å². The molecule has 9 heteroatoms. The highest BCUT2D eigenvalue weighted by Crippen LogP contribution is 2.33. The molecular formula is C15H22Cl2N4O2S. The molecule has 0 N–H and O–H groups in total. The van der Waals surface area contributed by atoms with Crippen molar-refractivity contribution in [3.8, 4) is 0 Å². The van der Waals surface area contributed by atoms with Crippen LogP contribution in [0.25, 0.3) is 0 Å². The zero-order valence-corrected chi connectivity index (χ0v) is 16.1. The summed E-state index contributed by atoms with van der Waals surface area (Å²) in [5.74, 6) is 0.331. The lowest BCUT2D eigenvalue weighted by Gasteiger charge is -2.36. The molecule has 3 fully saturated rings. The summed E-state index contributed by atoms with van der Waals surface area (Å²) < 4.78 is 27.9. The minimum Gasteiger partial charge on any atom is -0.294 e. The largest absolute Gasteiger partial charge is 0.294 e. The third kappa shape index (κ3) is 3.57. The summed E-state index contributed by atoms with van der Waals surface area (Å²) in [6, 6.07) is 0.179. The summed E-state index contributed by atoms with van der Waals surface area (Å²) in [5, 5.41) is 1.11. The molecule has 6 nitrogen and oxygen atoms in total. The van der Waals surface area contributed by atoms with E-state index in [1.165, 1.54) is 4.31 Å². The van der Waals surface area contributed by atoms with Crippen LogP contribution in [0, 0.1) is 5.92 Å². The van der Waals surface area contributed by atoms with E-state index in [0.29, 0.717) is 35.6 Å². The summed E-state index contributed by atoms with van der Waals surface area (Å²) in [4.78, 5) is 6.30. The van der Waals surface area contributed by atoms with Crippen molar-refractivity contribution >= 4 is 33.4 Å². The van der Waals surface area contributed by atoms with Crippen molar-refractivity contribution in [2.45, 2.75) is 25.4 Å². The number of halogens is 2. The van der Waals surface area contributed by atoms with Gasteiger partial charge >= 0.3 is 0 Å². The van der Waals surface area contributed by atoms with Gasteiger partial charge in [-0.15, -0.1) is 0 Å². The second kappa shape index (κ2) is 7.05. The Morgan fingerprint density at radius 2 is 1.83 bits per heavy atom. The van der Waals surface area contributed by atoms with Crippen LogP contribution in [0.3, 0.4) is 0 Å². The molecule has 0 aromatic carbocycles. The van der Waals surface area contributed by atoms with Crippen LogP contribution in [0.5, 0.6) is 0 Å². The van der Waals surface area contributed by atoms with Crippen molar-refractivity contribution in [3.63, 3.8) is 0 Å². The molecule has 0 saturated carbocycles. The van der Waals surface area contributed by atoms with E-state index in [0.717, 1.165) is 24.9 Å². The van der Waals surface area contributed by atoms with Crippen molar-refractivity contribution in [1.82, 2.24) is 18.5 Å². The highest BCUT2D eigenvalue weighted by Gasteiger charge is 2.39. The first-order valence-electron chi connectivity index (χ1n) is 7.98. The fourth-order valence-corrected chi connectivity index (χ4v) is 5.25. The molecule has 2 bridgehead atoms. The van der Waals surface area contributed by atoms with Crippen LogP contribution in [0.2, 0.25) is 10.0 Å². The summed E-state index contributed by atoms with van der Waals surface area (Å²) in [6.45, 7) is 2.57. The molecule has 1 aromatic heterocycles. The molecule has 0 unspecified atom stereocenters. The van der Waals surface area contributed by atoms with Gasteiger partial charge in [-0.2, -0.15) is 17.0 Å². The fourth-order valence-electron chi connectivity index (χ4n) is 3.54. The SMILES string of the molecule is CN(C)S(=O)(=O)N1C[C@@H]2CC[C@H](C1)N(Cc1c(Cl)cncc1Cl)C2. The molecule has 2 atom stereocenters. The van der Waals surface area contributed by atoms with Crippen LogP contribution in [-0.2, 0) is 16.8 Å². The molecule has 3 aliphatic heterocycles. The monoisotopic (exact) mass is 392 g/mol.